The van der Waals surface area contributed by atoms with Gasteiger partial charge in [0.1, 0.15) is 12.2 Å². The molecule has 18 heteroatoms. The van der Waals surface area contributed by atoms with Crippen molar-refractivity contribution in [3.8, 4) is 16.9 Å². The van der Waals surface area contributed by atoms with Crippen LogP contribution in [0.5, 0.6) is 0 Å². The maximum atomic E-state index is 13.5. The first kappa shape index (κ1) is 36.2. The highest BCUT2D eigenvalue weighted by Gasteiger charge is 2.35. The minimum absolute atomic E-state index is 0.128. The zero-order chi connectivity index (χ0) is 34.4. The molecule has 0 fully saturated rings. The van der Waals surface area contributed by atoms with Gasteiger partial charge in [0.15, 0.2) is 5.69 Å². The van der Waals surface area contributed by atoms with E-state index in [0.29, 0.717) is 5.56 Å². The van der Waals surface area contributed by atoms with E-state index >= 15 is 0 Å². The SMILES string of the molecule is Cc1ccc(-c2cc(C(F)(F)F)nn2-c2ccc(S(=O)(=O)NC(=O)OCCN(C)[NH+]([O-])OC(C)OC(=O)OC(C)(C)C)cc2)cc1. The Morgan fingerprint density at radius 3 is 2.26 bits per heavy atom. The molecule has 0 radical (unpaired) electrons. The van der Waals surface area contributed by atoms with Crippen molar-refractivity contribution in [1.29, 1.82) is 0 Å². The normalized spacial score (nSPS) is 13.6. The molecule has 252 valence electrons. The Bertz CT molecular complexity index is 1610. The van der Waals surface area contributed by atoms with Crippen molar-refractivity contribution in [1.82, 2.24) is 19.5 Å². The largest absolute Gasteiger partial charge is 0.579 e. The number of ether oxygens (including phenoxy) is 3. The van der Waals surface area contributed by atoms with Crippen molar-refractivity contribution in [3.05, 3.63) is 71.1 Å². The Hall–Kier alpha value is -4.23. The number of aryl methyl sites for hydroxylation is 1. The molecule has 0 saturated carbocycles. The zero-order valence-corrected chi connectivity index (χ0v) is 26.6. The van der Waals surface area contributed by atoms with Crippen LogP contribution in [0.2, 0.25) is 0 Å². The molecule has 1 heterocycles. The van der Waals surface area contributed by atoms with E-state index in [1.54, 1.807) is 49.8 Å². The molecule has 0 spiro atoms. The van der Waals surface area contributed by atoms with Crippen LogP contribution in [-0.4, -0.2) is 67.5 Å². The van der Waals surface area contributed by atoms with Gasteiger partial charge in [-0.1, -0.05) is 29.8 Å². The molecular formula is C28H34F3N5O9S. The van der Waals surface area contributed by atoms with Crippen LogP contribution in [0, 0.1) is 12.1 Å². The average Bonchev–Trinajstić information content (AvgIpc) is 3.38. The lowest BCUT2D eigenvalue weighted by molar-refractivity contribution is -1.15. The Balaban J connectivity index is 1.58. The third-order valence-corrected chi connectivity index (χ3v) is 7.17. The number of quaternary nitrogens is 1. The van der Waals surface area contributed by atoms with E-state index in [4.69, 9.17) is 19.0 Å². The Labute approximate surface area is 263 Å². The fraction of sp³-hybridized carbons (Fsp3) is 0.393. The maximum Gasteiger partial charge on any atom is 0.511 e. The summed E-state index contributed by atoms with van der Waals surface area (Å²) in [6, 6.07) is 12.3. The molecule has 2 unspecified atom stereocenters. The number of benzene rings is 2. The van der Waals surface area contributed by atoms with E-state index in [2.05, 4.69) is 5.10 Å². The first-order valence-electron chi connectivity index (χ1n) is 13.6. The molecule has 3 aromatic rings. The van der Waals surface area contributed by atoms with Crippen LogP contribution in [0.3, 0.4) is 0 Å². The molecule has 2 atom stereocenters. The van der Waals surface area contributed by atoms with Gasteiger partial charge in [0.05, 0.1) is 22.8 Å². The molecule has 0 aliphatic carbocycles. The summed E-state index contributed by atoms with van der Waals surface area (Å²) >= 11 is 0. The standard InChI is InChI=1S/C28H34F3N5O9S/c1-18-7-9-20(10-8-18)23-17-24(28(29,30)31)32-35(23)21-11-13-22(14-12-21)46(40,41)33-25(37)42-16-15-34(6)36(39)45-19(2)43-26(38)44-27(3,4)5/h7-14,17,19,36H,15-16H2,1-6H3,(H,33,37). The monoisotopic (exact) mass is 673 g/mol. The molecule has 46 heavy (non-hydrogen) atoms. The van der Waals surface area contributed by atoms with Crippen molar-refractivity contribution in [3.63, 3.8) is 0 Å². The molecule has 1 aromatic heterocycles. The topological polar surface area (TPSA) is 166 Å². The van der Waals surface area contributed by atoms with E-state index in [-0.39, 0.29) is 22.8 Å². The van der Waals surface area contributed by atoms with Crippen molar-refractivity contribution in [2.45, 2.75) is 57.6 Å². The van der Waals surface area contributed by atoms with Crippen LogP contribution in [0.15, 0.2) is 59.5 Å². The number of rotatable bonds is 11. The smallest absolute Gasteiger partial charge is 0.511 e. The molecule has 2 N–H and O–H groups in total. The van der Waals surface area contributed by atoms with E-state index < -0.39 is 58.0 Å². The number of likely N-dealkylation sites (N-methyl/N-ethyl adjacent to an activating group) is 1. The van der Waals surface area contributed by atoms with Gasteiger partial charge in [-0.15, -0.1) is 15.2 Å². The summed E-state index contributed by atoms with van der Waals surface area (Å²) in [7, 11) is -3.16. The number of sulfonamides is 1. The van der Waals surface area contributed by atoms with Crippen LogP contribution in [0.25, 0.3) is 16.9 Å². The Morgan fingerprint density at radius 2 is 1.70 bits per heavy atom. The Kier molecular flexibility index (Phi) is 11.4. The lowest BCUT2D eigenvalue weighted by atomic mass is 10.1. The van der Waals surface area contributed by atoms with Gasteiger partial charge in [-0.05, 0) is 58.0 Å². The average molecular weight is 674 g/mol. The van der Waals surface area contributed by atoms with Gasteiger partial charge in [-0.25, -0.2) is 27.4 Å². The van der Waals surface area contributed by atoms with E-state index in [9.17, 15) is 36.4 Å². The summed E-state index contributed by atoms with van der Waals surface area (Å²) in [6.45, 7) is 7.34. The number of halogens is 3. The number of carbonyl (C=O) groups excluding carboxylic acids is 2. The van der Waals surface area contributed by atoms with Crippen molar-refractivity contribution in [2.75, 3.05) is 20.2 Å². The number of aromatic nitrogens is 2. The molecular weight excluding hydrogens is 639 g/mol. The van der Waals surface area contributed by atoms with Gasteiger partial charge >= 0.3 is 18.4 Å². The maximum absolute atomic E-state index is 13.5. The number of nitrogens with one attached hydrogen (secondary N) is 2. The Morgan fingerprint density at radius 1 is 1.09 bits per heavy atom. The molecule has 3 rings (SSSR count). The van der Waals surface area contributed by atoms with Crippen molar-refractivity contribution >= 4 is 22.3 Å². The number of amides is 1. The number of nitrogens with zero attached hydrogens (tertiary/aromatic N) is 3. The molecule has 2 aromatic carbocycles. The van der Waals surface area contributed by atoms with Gasteiger partial charge in [0, 0.05) is 19.5 Å². The van der Waals surface area contributed by atoms with Crippen LogP contribution >= 0.6 is 0 Å². The molecule has 0 bridgehead atoms. The summed E-state index contributed by atoms with van der Waals surface area (Å²) < 4.78 is 83.2. The van der Waals surface area contributed by atoms with Gasteiger partial charge < -0.3 is 19.4 Å². The van der Waals surface area contributed by atoms with Crippen LogP contribution in [0.1, 0.15) is 39.0 Å². The van der Waals surface area contributed by atoms with Crippen LogP contribution in [0.4, 0.5) is 22.8 Å². The van der Waals surface area contributed by atoms with E-state index in [0.717, 1.165) is 33.5 Å². The lowest BCUT2D eigenvalue weighted by Crippen LogP contribution is -3.13. The lowest BCUT2D eigenvalue weighted by Gasteiger charge is -2.29. The highest BCUT2D eigenvalue weighted by molar-refractivity contribution is 7.90. The highest BCUT2D eigenvalue weighted by Crippen LogP contribution is 2.33. The fourth-order valence-corrected chi connectivity index (χ4v) is 4.53. The first-order chi connectivity index (χ1) is 21.2. The van der Waals surface area contributed by atoms with Gasteiger partial charge in [-0.3, -0.25) is 0 Å². The van der Waals surface area contributed by atoms with Crippen molar-refractivity contribution < 1.29 is 55.6 Å². The summed E-state index contributed by atoms with van der Waals surface area (Å²) in [5.41, 5.74) is -0.332. The quantitative estimate of drug-likeness (QED) is 0.173. The predicted octanol–water partition coefficient (Wildman–Crippen LogP) is 3.74. The third kappa shape index (κ3) is 10.4. The van der Waals surface area contributed by atoms with Gasteiger partial charge in [0.2, 0.25) is 0 Å². The number of carbonyl (C=O) groups is 2. The zero-order valence-electron chi connectivity index (χ0n) is 25.7. The number of hydrogen-bond acceptors (Lipinski definition) is 11. The molecule has 14 nitrogen and oxygen atoms in total. The second-order valence-corrected chi connectivity index (χ2v) is 12.6. The minimum Gasteiger partial charge on any atom is -0.579 e. The van der Waals surface area contributed by atoms with Gasteiger partial charge in [0.25, 0.3) is 16.3 Å². The number of alkyl halides is 3. The van der Waals surface area contributed by atoms with Gasteiger partial charge in [-0.2, -0.15) is 18.3 Å². The predicted molar refractivity (Wildman–Crippen MR) is 155 cm³/mol. The molecule has 0 aliphatic heterocycles. The molecule has 0 saturated heterocycles. The number of hydrogen-bond donors (Lipinski definition) is 2. The summed E-state index contributed by atoms with van der Waals surface area (Å²) in [4.78, 5) is 28.4. The van der Waals surface area contributed by atoms with E-state index in [1.807, 2.05) is 6.92 Å². The third-order valence-electron chi connectivity index (χ3n) is 5.85. The fourth-order valence-electron chi connectivity index (χ4n) is 3.64. The summed E-state index contributed by atoms with van der Waals surface area (Å²) in [5, 5.41) is 15.9. The summed E-state index contributed by atoms with van der Waals surface area (Å²) in [5.74, 6) is 0. The molecule has 0 aliphatic rings. The highest BCUT2D eigenvalue weighted by atomic mass is 32.2. The first-order valence-corrected chi connectivity index (χ1v) is 15.1. The van der Waals surface area contributed by atoms with E-state index in [1.165, 1.54) is 26.1 Å². The van der Waals surface area contributed by atoms with Crippen molar-refractivity contribution in [2.24, 2.45) is 0 Å². The summed E-state index contributed by atoms with van der Waals surface area (Å²) in [6.07, 6.45) is -8.41. The van der Waals surface area contributed by atoms with Crippen LogP contribution < -0.4 is 10.1 Å². The molecule has 1 amide bonds. The second-order valence-electron chi connectivity index (χ2n) is 10.9. The second kappa shape index (κ2) is 14.5. The minimum atomic E-state index is -4.72. The van der Waals surface area contributed by atoms with Crippen LogP contribution in [-0.2, 0) is 35.2 Å².